The summed E-state index contributed by atoms with van der Waals surface area (Å²) in [5, 5.41) is 9.61. The summed E-state index contributed by atoms with van der Waals surface area (Å²) in [5.74, 6) is -1.53. The van der Waals surface area contributed by atoms with Crippen LogP contribution in [0.4, 0.5) is 0 Å². The van der Waals surface area contributed by atoms with Gasteiger partial charge >= 0.3 is 17.9 Å². The maximum absolute atomic E-state index is 12.7. The topological polar surface area (TPSA) is 99.1 Å². The fraction of sp³-hybridized carbons (Fsp3) is 0.646. The van der Waals surface area contributed by atoms with Crippen molar-refractivity contribution < 1.29 is 38.2 Å². The summed E-state index contributed by atoms with van der Waals surface area (Å²) in [4.78, 5) is 36.9. The first-order valence-corrected chi connectivity index (χ1v) is 21.7. The molecule has 318 valence electrons. The Kier molecular flexibility index (Phi) is 36.0. The Hall–Kier alpha value is -3.49. The molecule has 0 rings (SSSR count). The molecule has 0 aliphatic carbocycles. The van der Waals surface area contributed by atoms with Crippen LogP contribution >= 0.6 is 0 Å². The van der Waals surface area contributed by atoms with Crippen LogP contribution in [0.2, 0.25) is 0 Å². The minimum atomic E-state index is -0.885. The average Bonchev–Trinajstić information content (AvgIpc) is 3.15. The van der Waals surface area contributed by atoms with Crippen molar-refractivity contribution in [3.63, 3.8) is 0 Å². The number of unbranched alkanes of at least 4 members (excludes halogenated alkanes) is 15. The number of allylic oxidation sites excluding steroid dienone is 14. The van der Waals surface area contributed by atoms with E-state index < -0.39 is 18.1 Å². The van der Waals surface area contributed by atoms with Crippen LogP contribution in [0.3, 0.4) is 0 Å². The highest BCUT2D eigenvalue weighted by Gasteiger charge is 2.31. The summed E-state index contributed by atoms with van der Waals surface area (Å²) in [6, 6.07) is -0.625. The van der Waals surface area contributed by atoms with Crippen LogP contribution in [0.1, 0.15) is 149 Å². The quantitative estimate of drug-likeness (QED) is 0.0290. The summed E-state index contributed by atoms with van der Waals surface area (Å²) in [6.45, 7) is 4.52. The van der Waals surface area contributed by atoms with Gasteiger partial charge in [0.1, 0.15) is 6.61 Å². The molecule has 0 fully saturated rings. The Bertz CT molecular complexity index is 1190. The van der Waals surface area contributed by atoms with Gasteiger partial charge in [-0.15, -0.1) is 0 Å². The molecule has 2 unspecified atom stereocenters. The van der Waals surface area contributed by atoms with Crippen LogP contribution in [0.15, 0.2) is 85.1 Å². The summed E-state index contributed by atoms with van der Waals surface area (Å²) >= 11 is 0. The molecule has 0 aromatic carbocycles. The third-order valence-corrected chi connectivity index (χ3v) is 9.25. The van der Waals surface area contributed by atoms with Gasteiger partial charge in [0.15, 0.2) is 12.1 Å². The molecule has 8 heteroatoms. The molecule has 0 aromatic rings. The number of likely N-dealkylation sites (N-methyl/N-ethyl adjacent to an activating group) is 1. The molecule has 0 amide bonds. The average molecular weight is 783 g/mol. The Morgan fingerprint density at radius 2 is 1.00 bits per heavy atom. The lowest BCUT2D eigenvalue weighted by Gasteiger charge is -2.31. The van der Waals surface area contributed by atoms with Crippen LogP contribution in [0.5, 0.6) is 0 Å². The lowest BCUT2D eigenvalue weighted by atomic mass is 10.0. The molecule has 1 N–H and O–H groups in total. The molecule has 0 saturated carbocycles. The molecule has 0 bridgehead atoms. The lowest BCUT2D eigenvalue weighted by molar-refractivity contribution is -0.887. The van der Waals surface area contributed by atoms with E-state index in [1.54, 1.807) is 0 Å². The monoisotopic (exact) mass is 783 g/mol. The number of esters is 2. The largest absolute Gasteiger partial charge is 0.477 e. The Morgan fingerprint density at radius 1 is 0.554 bits per heavy atom. The number of ether oxygens (including phenoxy) is 3. The first-order valence-electron chi connectivity index (χ1n) is 21.7. The number of carboxylic acids is 1. The minimum Gasteiger partial charge on any atom is -0.477 e. The van der Waals surface area contributed by atoms with Gasteiger partial charge in [0.25, 0.3) is 0 Å². The Labute approximate surface area is 342 Å². The van der Waals surface area contributed by atoms with Gasteiger partial charge in [0, 0.05) is 19.3 Å². The third-order valence-electron chi connectivity index (χ3n) is 9.25. The lowest BCUT2D eigenvalue weighted by Crippen LogP contribution is -2.50. The predicted molar refractivity (Wildman–Crippen MR) is 233 cm³/mol. The number of aliphatic carboxylic acids is 1. The zero-order chi connectivity index (χ0) is 41.4. The van der Waals surface area contributed by atoms with E-state index in [0.717, 1.165) is 51.4 Å². The third kappa shape index (κ3) is 36.2. The van der Waals surface area contributed by atoms with Crippen molar-refractivity contribution >= 4 is 17.9 Å². The second-order valence-corrected chi connectivity index (χ2v) is 15.4. The molecule has 0 spiro atoms. The van der Waals surface area contributed by atoms with Crippen molar-refractivity contribution in [1.29, 1.82) is 0 Å². The summed E-state index contributed by atoms with van der Waals surface area (Å²) in [7, 11) is 5.50. The van der Waals surface area contributed by atoms with Crippen molar-refractivity contribution in [3.05, 3.63) is 85.1 Å². The number of hydrogen-bond acceptors (Lipinski definition) is 6. The molecule has 2 atom stereocenters. The van der Waals surface area contributed by atoms with Crippen LogP contribution in [0, 0.1) is 0 Å². The normalized spacial score (nSPS) is 13.8. The van der Waals surface area contributed by atoms with Crippen LogP contribution in [-0.2, 0) is 28.6 Å². The van der Waals surface area contributed by atoms with Gasteiger partial charge in [-0.05, 0) is 32.1 Å². The zero-order valence-corrected chi connectivity index (χ0v) is 36.1. The number of carbonyl (C=O) groups excluding carboxylic acids is 2. The van der Waals surface area contributed by atoms with Crippen molar-refractivity contribution in [2.45, 2.75) is 161 Å². The van der Waals surface area contributed by atoms with Crippen molar-refractivity contribution in [1.82, 2.24) is 0 Å². The number of carbonyl (C=O) groups is 3. The SMILES string of the molecule is CC/C=C/C=C/C=C/C=C/C=C/C=C/C=C/CCCCCC(=O)OCC(COCCC(C(=O)O)[N+](C)(C)C)OC(=O)CCCCCCCCCCCCCCC. The smallest absolute Gasteiger partial charge is 0.362 e. The number of rotatable bonds is 37. The summed E-state index contributed by atoms with van der Waals surface area (Å²) in [5.41, 5.74) is 0. The van der Waals surface area contributed by atoms with Gasteiger partial charge in [-0.1, -0.05) is 182 Å². The van der Waals surface area contributed by atoms with E-state index in [-0.39, 0.29) is 36.2 Å². The van der Waals surface area contributed by atoms with Gasteiger partial charge in [-0.25, -0.2) is 4.79 Å². The maximum atomic E-state index is 12.7. The number of carboxylic acid groups (broad SMARTS) is 1. The van der Waals surface area contributed by atoms with E-state index >= 15 is 0 Å². The van der Waals surface area contributed by atoms with Crippen molar-refractivity contribution in [2.24, 2.45) is 0 Å². The fourth-order valence-electron chi connectivity index (χ4n) is 5.90. The van der Waals surface area contributed by atoms with Crippen molar-refractivity contribution in [3.8, 4) is 0 Å². The van der Waals surface area contributed by atoms with Gasteiger partial charge in [0.2, 0.25) is 0 Å². The minimum absolute atomic E-state index is 0.0426. The second kappa shape index (κ2) is 38.4. The first-order chi connectivity index (χ1) is 27.1. The standard InChI is InChI=1S/C48H79NO7/c1-6-8-10-12-14-16-18-20-21-22-23-24-25-27-28-30-32-34-36-38-46(50)55-43-44(42-54-41-40-45(48(52)53)49(3,4)5)56-47(51)39-37-35-33-31-29-26-19-17-15-13-11-9-7-2/h8,10,12,14,16,18,20-25,27-28,44-45H,6-7,9,11,13,15,17,19,26,29-43H2,1-5H3/p+1/b10-8+,14-12+,18-16+,21-20+,23-22+,25-24+,28-27+. The molecule has 0 radical (unpaired) electrons. The van der Waals surface area contributed by atoms with Crippen molar-refractivity contribution in [2.75, 3.05) is 41.0 Å². The number of quaternary nitrogens is 1. The molecule has 0 saturated heterocycles. The molecule has 0 heterocycles. The molecule has 0 aromatic heterocycles. The van der Waals surface area contributed by atoms with E-state index in [2.05, 4.69) is 26.0 Å². The predicted octanol–water partition coefficient (Wildman–Crippen LogP) is 11.7. The van der Waals surface area contributed by atoms with Crippen LogP contribution in [0.25, 0.3) is 0 Å². The molecule has 0 aliphatic rings. The van der Waals surface area contributed by atoms with E-state index in [4.69, 9.17) is 14.2 Å². The highest BCUT2D eigenvalue weighted by molar-refractivity contribution is 5.72. The zero-order valence-electron chi connectivity index (χ0n) is 36.1. The molecule has 0 aliphatic heterocycles. The molecule has 56 heavy (non-hydrogen) atoms. The fourth-order valence-corrected chi connectivity index (χ4v) is 5.90. The Morgan fingerprint density at radius 3 is 1.48 bits per heavy atom. The van der Waals surface area contributed by atoms with Gasteiger partial charge in [0.05, 0.1) is 34.4 Å². The van der Waals surface area contributed by atoms with E-state index in [9.17, 15) is 19.5 Å². The number of nitrogens with zero attached hydrogens (tertiary/aromatic N) is 1. The van der Waals surface area contributed by atoms with Gasteiger partial charge in [-0.2, -0.15) is 0 Å². The summed E-state index contributed by atoms with van der Waals surface area (Å²) < 4.78 is 17.2. The van der Waals surface area contributed by atoms with Crippen LogP contribution < -0.4 is 0 Å². The molecular formula is C48H80NO7+. The molecule has 8 nitrogen and oxygen atoms in total. The second-order valence-electron chi connectivity index (χ2n) is 15.4. The van der Waals surface area contributed by atoms with E-state index in [1.165, 1.54) is 64.2 Å². The Balaban J connectivity index is 4.47. The van der Waals surface area contributed by atoms with Gasteiger partial charge < -0.3 is 23.8 Å². The van der Waals surface area contributed by atoms with Gasteiger partial charge in [-0.3, -0.25) is 9.59 Å². The van der Waals surface area contributed by atoms with Crippen LogP contribution in [-0.4, -0.2) is 80.6 Å². The first kappa shape index (κ1) is 52.5. The molecular weight excluding hydrogens is 703 g/mol. The highest BCUT2D eigenvalue weighted by atomic mass is 16.6. The number of hydrogen-bond donors (Lipinski definition) is 1. The van der Waals surface area contributed by atoms with E-state index in [0.29, 0.717) is 19.3 Å². The summed E-state index contributed by atoms with van der Waals surface area (Å²) in [6.07, 6.45) is 49.0. The maximum Gasteiger partial charge on any atom is 0.362 e. The van der Waals surface area contributed by atoms with E-state index in [1.807, 2.05) is 94.1 Å². The highest BCUT2D eigenvalue weighted by Crippen LogP contribution is 2.14.